The molecule has 5 rings (SSSR count). The molecule has 2 aliphatic heterocycles. The summed E-state index contributed by atoms with van der Waals surface area (Å²) in [5.41, 5.74) is 1.23. The predicted molar refractivity (Wildman–Crippen MR) is 119 cm³/mol. The van der Waals surface area contributed by atoms with Gasteiger partial charge in [0.05, 0.1) is 18.2 Å². The normalized spacial score (nSPS) is 20.1. The zero-order valence-electron chi connectivity index (χ0n) is 17.7. The van der Waals surface area contributed by atoms with Gasteiger partial charge in [0.15, 0.2) is 0 Å². The maximum atomic E-state index is 6.47. The fourth-order valence-electron chi connectivity index (χ4n) is 4.42. The van der Waals surface area contributed by atoms with Crippen molar-refractivity contribution in [2.75, 3.05) is 50.2 Å². The van der Waals surface area contributed by atoms with E-state index in [0.717, 1.165) is 63.1 Å². The first-order chi connectivity index (χ1) is 14.7. The maximum Gasteiger partial charge on any atom is 0.227 e. The van der Waals surface area contributed by atoms with Crippen molar-refractivity contribution in [2.45, 2.75) is 31.4 Å². The summed E-state index contributed by atoms with van der Waals surface area (Å²) >= 11 is 0. The second kappa shape index (κ2) is 8.14. The van der Waals surface area contributed by atoms with Gasteiger partial charge in [0.1, 0.15) is 17.7 Å². The van der Waals surface area contributed by atoms with Gasteiger partial charge in [0.2, 0.25) is 5.95 Å². The molecule has 2 aromatic heterocycles. The summed E-state index contributed by atoms with van der Waals surface area (Å²) in [6.45, 7) is 3.45. The molecule has 2 saturated heterocycles. The lowest BCUT2D eigenvalue weighted by atomic mass is 10.1. The molecule has 0 saturated carbocycles. The highest BCUT2D eigenvalue weighted by molar-refractivity contribution is 5.86. The first-order valence-electron chi connectivity index (χ1n) is 10.8. The highest BCUT2D eigenvalue weighted by Crippen LogP contribution is 2.32. The van der Waals surface area contributed by atoms with Gasteiger partial charge in [0, 0.05) is 64.4 Å². The molecule has 1 atom stereocenters. The molecule has 30 heavy (non-hydrogen) atoms. The fraction of sp³-hybridized carbons (Fsp3) is 0.478. The molecule has 7 nitrogen and oxygen atoms in total. The number of rotatable bonds is 5. The monoisotopic (exact) mass is 407 g/mol. The second-order valence-corrected chi connectivity index (χ2v) is 8.34. The number of anilines is 2. The standard InChI is InChI=1S/C23H29N5O2/c1-26(2)22-6-11-24-23(25-22)27-12-7-18(8-13-27)30-21-5-3-4-20-19(21)9-14-28(20)17-10-15-29-16-17/h3-6,9,11,14,17-18H,7-8,10,12-13,15-16H2,1-2H3. The summed E-state index contributed by atoms with van der Waals surface area (Å²) in [6.07, 6.45) is 7.22. The van der Waals surface area contributed by atoms with Crippen LogP contribution in [-0.2, 0) is 4.74 Å². The van der Waals surface area contributed by atoms with Crippen LogP contribution in [0, 0.1) is 0 Å². The zero-order chi connectivity index (χ0) is 20.5. The third-order valence-corrected chi connectivity index (χ3v) is 6.13. The Hall–Kier alpha value is -2.80. The molecular formula is C23H29N5O2. The van der Waals surface area contributed by atoms with Gasteiger partial charge < -0.3 is 23.8 Å². The van der Waals surface area contributed by atoms with Crippen LogP contribution in [0.4, 0.5) is 11.8 Å². The second-order valence-electron chi connectivity index (χ2n) is 8.34. The van der Waals surface area contributed by atoms with Gasteiger partial charge in [0.25, 0.3) is 0 Å². The molecule has 3 aromatic rings. The van der Waals surface area contributed by atoms with Crippen LogP contribution >= 0.6 is 0 Å². The lowest BCUT2D eigenvalue weighted by molar-refractivity contribution is 0.172. The van der Waals surface area contributed by atoms with E-state index in [2.05, 4.69) is 49.9 Å². The molecule has 158 valence electrons. The molecule has 0 N–H and O–H groups in total. The molecule has 0 bridgehead atoms. The van der Waals surface area contributed by atoms with E-state index in [1.54, 1.807) is 0 Å². The van der Waals surface area contributed by atoms with Gasteiger partial charge >= 0.3 is 0 Å². The SMILES string of the molecule is CN(C)c1ccnc(N2CCC(Oc3cccc4c3ccn4C3CCOC3)CC2)n1. The quantitative estimate of drug-likeness (QED) is 0.645. The molecular weight excluding hydrogens is 378 g/mol. The maximum absolute atomic E-state index is 6.47. The number of hydrogen-bond acceptors (Lipinski definition) is 6. The van der Waals surface area contributed by atoms with Crippen LogP contribution in [-0.4, -0.2) is 61.0 Å². The molecule has 0 amide bonds. The van der Waals surface area contributed by atoms with Gasteiger partial charge in [-0.1, -0.05) is 6.07 Å². The Balaban J connectivity index is 1.27. The van der Waals surface area contributed by atoms with Crippen molar-refractivity contribution in [2.24, 2.45) is 0 Å². The van der Waals surface area contributed by atoms with Gasteiger partial charge in [-0.2, -0.15) is 4.98 Å². The summed E-state index contributed by atoms with van der Waals surface area (Å²) in [5, 5.41) is 1.19. The van der Waals surface area contributed by atoms with E-state index < -0.39 is 0 Å². The van der Waals surface area contributed by atoms with Crippen molar-refractivity contribution < 1.29 is 9.47 Å². The number of fused-ring (bicyclic) bond motifs is 1. The van der Waals surface area contributed by atoms with Crippen molar-refractivity contribution >= 4 is 22.7 Å². The van der Waals surface area contributed by atoms with Crippen LogP contribution in [0.1, 0.15) is 25.3 Å². The summed E-state index contributed by atoms with van der Waals surface area (Å²) < 4.78 is 14.4. The third-order valence-electron chi connectivity index (χ3n) is 6.13. The van der Waals surface area contributed by atoms with E-state index in [0.29, 0.717) is 6.04 Å². The molecule has 2 aliphatic rings. The van der Waals surface area contributed by atoms with Crippen LogP contribution in [0.5, 0.6) is 5.75 Å². The van der Waals surface area contributed by atoms with Crippen molar-refractivity contribution in [3.8, 4) is 5.75 Å². The summed E-state index contributed by atoms with van der Waals surface area (Å²) in [4.78, 5) is 13.4. The number of piperidine rings is 1. The van der Waals surface area contributed by atoms with Crippen molar-refractivity contribution in [3.05, 3.63) is 42.7 Å². The molecule has 7 heteroatoms. The van der Waals surface area contributed by atoms with E-state index in [4.69, 9.17) is 9.47 Å². The van der Waals surface area contributed by atoms with Gasteiger partial charge in [-0.3, -0.25) is 0 Å². The van der Waals surface area contributed by atoms with Crippen LogP contribution in [0.15, 0.2) is 42.7 Å². The van der Waals surface area contributed by atoms with Gasteiger partial charge in [-0.25, -0.2) is 4.98 Å². The number of hydrogen-bond donors (Lipinski definition) is 0. The Kier molecular flexibility index (Phi) is 5.21. The Bertz CT molecular complexity index is 1000. The Morgan fingerprint density at radius 1 is 1.10 bits per heavy atom. The number of aromatic nitrogens is 3. The van der Waals surface area contributed by atoms with Crippen LogP contribution in [0.3, 0.4) is 0 Å². The van der Waals surface area contributed by atoms with Crippen molar-refractivity contribution in [1.29, 1.82) is 0 Å². The Morgan fingerprint density at radius 2 is 1.97 bits per heavy atom. The highest BCUT2D eigenvalue weighted by Gasteiger charge is 2.24. The minimum Gasteiger partial charge on any atom is -0.490 e. The van der Waals surface area contributed by atoms with E-state index in [9.17, 15) is 0 Å². The van der Waals surface area contributed by atoms with Gasteiger partial charge in [-0.05, 0) is 30.7 Å². The molecule has 1 aromatic carbocycles. The zero-order valence-corrected chi connectivity index (χ0v) is 17.7. The van der Waals surface area contributed by atoms with Crippen molar-refractivity contribution in [1.82, 2.24) is 14.5 Å². The smallest absolute Gasteiger partial charge is 0.227 e. The number of benzene rings is 1. The molecule has 0 spiro atoms. The summed E-state index contributed by atoms with van der Waals surface area (Å²) in [5.74, 6) is 2.72. The van der Waals surface area contributed by atoms with E-state index >= 15 is 0 Å². The fourth-order valence-corrected chi connectivity index (χ4v) is 4.42. The molecule has 0 aliphatic carbocycles. The molecule has 2 fully saturated rings. The van der Waals surface area contributed by atoms with Crippen LogP contribution < -0.4 is 14.5 Å². The van der Waals surface area contributed by atoms with Crippen molar-refractivity contribution in [3.63, 3.8) is 0 Å². The summed E-state index contributed by atoms with van der Waals surface area (Å²) in [6, 6.07) is 10.9. The lowest BCUT2D eigenvalue weighted by Crippen LogP contribution is -2.39. The average molecular weight is 408 g/mol. The lowest BCUT2D eigenvalue weighted by Gasteiger charge is -2.32. The predicted octanol–water partition coefficient (Wildman–Crippen LogP) is 3.51. The largest absolute Gasteiger partial charge is 0.490 e. The minimum absolute atomic E-state index is 0.210. The third kappa shape index (κ3) is 3.69. The van der Waals surface area contributed by atoms with E-state index in [1.807, 2.05) is 31.3 Å². The van der Waals surface area contributed by atoms with E-state index in [1.165, 1.54) is 10.9 Å². The van der Waals surface area contributed by atoms with Crippen LogP contribution in [0.25, 0.3) is 10.9 Å². The first kappa shape index (κ1) is 19.2. The minimum atomic E-state index is 0.210. The molecule has 4 heterocycles. The average Bonchev–Trinajstić information content (AvgIpc) is 3.44. The van der Waals surface area contributed by atoms with Crippen LogP contribution in [0.2, 0.25) is 0 Å². The van der Waals surface area contributed by atoms with E-state index in [-0.39, 0.29) is 6.10 Å². The van der Waals surface area contributed by atoms with Gasteiger partial charge in [-0.15, -0.1) is 0 Å². The first-order valence-corrected chi connectivity index (χ1v) is 10.8. The topological polar surface area (TPSA) is 55.7 Å². The molecule has 0 radical (unpaired) electrons. The number of nitrogens with zero attached hydrogens (tertiary/aromatic N) is 5. The highest BCUT2D eigenvalue weighted by atomic mass is 16.5. The Morgan fingerprint density at radius 3 is 2.73 bits per heavy atom. The Labute approximate surface area is 177 Å². The number of ether oxygens (including phenoxy) is 2. The molecule has 1 unspecified atom stereocenters. The summed E-state index contributed by atoms with van der Waals surface area (Å²) in [7, 11) is 4.00.